The van der Waals surface area contributed by atoms with E-state index in [1.54, 1.807) is 18.2 Å². The summed E-state index contributed by atoms with van der Waals surface area (Å²) in [6, 6.07) is 5.03. The van der Waals surface area contributed by atoms with Crippen LogP contribution in [0.15, 0.2) is 18.2 Å². The Morgan fingerprint density at radius 3 is 2.59 bits per heavy atom. The Hall–Kier alpha value is -1.27. The average molecular weight is 328 g/mol. The number of hydrogen-bond donors (Lipinski definition) is 0. The van der Waals surface area contributed by atoms with E-state index in [2.05, 4.69) is 13.8 Å². The highest BCUT2D eigenvalue weighted by molar-refractivity contribution is 7.86. The number of ether oxygens (including phenoxy) is 2. The van der Waals surface area contributed by atoms with Gasteiger partial charge in [0.15, 0.2) is 0 Å². The van der Waals surface area contributed by atoms with Gasteiger partial charge in [-0.05, 0) is 44.4 Å². The summed E-state index contributed by atoms with van der Waals surface area (Å²) in [6.07, 6.45) is 1.61. The Balaban J connectivity index is 2.16. The highest BCUT2D eigenvalue weighted by Gasteiger charge is 2.42. The van der Waals surface area contributed by atoms with Crippen LogP contribution < -0.4 is 8.92 Å². The quantitative estimate of drug-likeness (QED) is 0.751. The Bertz CT molecular complexity index is 634. The molecule has 1 aliphatic heterocycles. The lowest BCUT2D eigenvalue weighted by atomic mass is 9.85. The molecule has 0 fully saturated rings. The van der Waals surface area contributed by atoms with Crippen LogP contribution in [0.5, 0.6) is 11.5 Å². The summed E-state index contributed by atoms with van der Waals surface area (Å²) in [7, 11) is -3.54. The molecular formula is C16H24O5S. The van der Waals surface area contributed by atoms with E-state index in [4.69, 9.17) is 13.7 Å². The minimum atomic E-state index is -3.54. The van der Waals surface area contributed by atoms with Crippen molar-refractivity contribution >= 4 is 10.1 Å². The second kappa shape index (κ2) is 6.08. The first-order valence-electron chi connectivity index (χ1n) is 7.42. The van der Waals surface area contributed by atoms with Crippen molar-refractivity contribution < 1.29 is 22.1 Å². The zero-order chi connectivity index (χ0) is 16.5. The molecule has 0 saturated carbocycles. The minimum Gasteiger partial charge on any atom is -0.464 e. The molecule has 0 spiro atoms. The van der Waals surface area contributed by atoms with Crippen LogP contribution in [0.3, 0.4) is 0 Å². The summed E-state index contributed by atoms with van der Waals surface area (Å²) in [4.78, 5) is 0. The molecular weight excluding hydrogens is 304 g/mol. The molecule has 5 nitrogen and oxygen atoms in total. The molecule has 0 aromatic heterocycles. The molecule has 1 heterocycles. The summed E-state index contributed by atoms with van der Waals surface area (Å²) in [6.45, 7) is 8.96. The molecule has 0 saturated heterocycles. The van der Waals surface area contributed by atoms with Crippen LogP contribution >= 0.6 is 0 Å². The van der Waals surface area contributed by atoms with Crippen LogP contribution in [0.1, 0.15) is 39.7 Å². The minimum absolute atomic E-state index is 0.292. The molecule has 1 aliphatic rings. The van der Waals surface area contributed by atoms with Gasteiger partial charge in [0.25, 0.3) is 0 Å². The van der Waals surface area contributed by atoms with Crippen molar-refractivity contribution in [3.8, 4) is 11.5 Å². The van der Waals surface area contributed by atoms with Gasteiger partial charge < -0.3 is 13.7 Å². The molecule has 124 valence electrons. The molecule has 1 unspecified atom stereocenters. The predicted molar refractivity (Wildman–Crippen MR) is 84.8 cm³/mol. The molecule has 0 aliphatic carbocycles. The molecule has 0 radical (unpaired) electrons. The van der Waals surface area contributed by atoms with E-state index in [-0.39, 0.29) is 11.7 Å². The van der Waals surface area contributed by atoms with Gasteiger partial charge in [-0.15, -0.1) is 0 Å². The predicted octanol–water partition coefficient (Wildman–Crippen LogP) is 3.08. The van der Waals surface area contributed by atoms with Crippen LogP contribution in [0, 0.1) is 5.92 Å². The summed E-state index contributed by atoms with van der Waals surface area (Å²) in [5, 5.41) is 0. The maximum absolute atomic E-state index is 11.3. The van der Waals surface area contributed by atoms with Crippen molar-refractivity contribution in [3.05, 3.63) is 23.8 Å². The Labute approximate surface area is 132 Å². The van der Waals surface area contributed by atoms with E-state index in [1.165, 1.54) is 0 Å². The van der Waals surface area contributed by atoms with E-state index in [1.807, 2.05) is 13.8 Å². The second-order valence-electron chi connectivity index (χ2n) is 6.67. The second-order valence-corrected chi connectivity index (χ2v) is 8.25. The lowest BCUT2D eigenvalue weighted by Gasteiger charge is -2.26. The van der Waals surface area contributed by atoms with Gasteiger partial charge >= 0.3 is 10.1 Å². The Kier molecular flexibility index (Phi) is 4.73. The Morgan fingerprint density at radius 1 is 1.32 bits per heavy atom. The highest BCUT2D eigenvalue weighted by atomic mass is 32.2. The van der Waals surface area contributed by atoms with E-state index in [0.29, 0.717) is 24.0 Å². The van der Waals surface area contributed by atoms with E-state index in [0.717, 1.165) is 18.2 Å². The number of hydrogen-bond acceptors (Lipinski definition) is 5. The fraction of sp³-hybridized carbons (Fsp3) is 0.625. The highest BCUT2D eigenvalue weighted by Crippen LogP contribution is 2.44. The molecule has 0 bridgehead atoms. The largest absolute Gasteiger partial charge is 0.464 e. The first kappa shape index (κ1) is 17.1. The van der Waals surface area contributed by atoms with Crippen LogP contribution in [0.25, 0.3) is 0 Å². The van der Waals surface area contributed by atoms with Crippen LogP contribution in [-0.2, 0) is 20.3 Å². The van der Waals surface area contributed by atoms with Gasteiger partial charge in [-0.3, -0.25) is 0 Å². The maximum atomic E-state index is 11.3. The lowest BCUT2D eigenvalue weighted by molar-refractivity contribution is -0.105. The van der Waals surface area contributed by atoms with Gasteiger partial charge in [-0.25, -0.2) is 0 Å². The van der Waals surface area contributed by atoms with E-state index >= 15 is 0 Å². The smallest absolute Gasteiger partial charge is 0.306 e. The monoisotopic (exact) mass is 328 g/mol. The van der Waals surface area contributed by atoms with Crippen LogP contribution in [-0.4, -0.2) is 27.6 Å². The van der Waals surface area contributed by atoms with Crippen molar-refractivity contribution in [2.24, 2.45) is 5.92 Å². The Morgan fingerprint density at radius 2 is 2.00 bits per heavy atom. The third kappa shape index (κ3) is 3.93. The molecule has 1 atom stereocenters. The first-order chi connectivity index (χ1) is 10.1. The summed E-state index contributed by atoms with van der Waals surface area (Å²) in [5.41, 5.74) is 0.520. The van der Waals surface area contributed by atoms with Gasteiger partial charge in [0.2, 0.25) is 6.29 Å². The van der Waals surface area contributed by atoms with Crippen LogP contribution in [0.4, 0.5) is 0 Å². The number of benzene rings is 1. The summed E-state index contributed by atoms with van der Waals surface area (Å²) >= 11 is 0. The number of fused-ring (bicyclic) bond motifs is 1. The van der Waals surface area contributed by atoms with E-state index < -0.39 is 10.1 Å². The third-order valence-corrected chi connectivity index (χ3v) is 4.18. The van der Waals surface area contributed by atoms with Crippen molar-refractivity contribution in [1.29, 1.82) is 0 Å². The maximum Gasteiger partial charge on any atom is 0.306 e. The molecule has 6 heteroatoms. The SMILES string of the molecule is CC(C)CCOC1Oc2ccc(OS(C)(=O)=O)cc2C1(C)C. The average Bonchev–Trinajstić information content (AvgIpc) is 2.59. The van der Waals surface area contributed by atoms with Crippen LogP contribution in [0.2, 0.25) is 0 Å². The topological polar surface area (TPSA) is 61.8 Å². The third-order valence-electron chi connectivity index (χ3n) is 3.68. The standard InChI is InChI=1S/C16H24O5S/c1-11(2)8-9-19-15-16(3,4)13-10-12(21-22(5,17)18)6-7-14(13)20-15/h6-7,10-11,15H,8-9H2,1-5H3. The van der Waals surface area contributed by atoms with Crippen molar-refractivity contribution in [2.75, 3.05) is 12.9 Å². The fourth-order valence-corrected chi connectivity index (χ4v) is 2.84. The lowest BCUT2D eigenvalue weighted by Crippen LogP contribution is -2.35. The van der Waals surface area contributed by atoms with Gasteiger partial charge in [-0.1, -0.05) is 13.8 Å². The molecule has 2 rings (SSSR count). The summed E-state index contributed by atoms with van der Waals surface area (Å²) < 4.78 is 39.2. The zero-order valence-electron chi connectivity index (χ0n) is 13.8. The van der Waals surface area contributed by atoms with Crippen molar-refractivity contribution in [2.45, 2.75) is 45.8 Å². The van der Waals surface area contributed by atoms with Crippen molar-refractivity contribution in [1.82, 2.24) is 0 Å². The van der Waals surface area contributed by atoms with Gasteiger partial charge in [0.05, 0.1) is 18.3 Å². The molecule has 1 aromatic carbocycles. The van der Waals surface area contributed by atoms with Crippen molar-refractivity contribution in [3.63, 3.8) is 0 Å². The molecule has 0 N–H and O–H groups in total. The van der Waals surface area contributed by atoms with Gasteiger partial charge in [0.1, 0.15) is 11.5 Å². The normalized spacial score (nSPS) is 19.8. The molecule has 22 heavy (non-hydrogen) atoms. The zero-order valence-corrected chi connectivity index (χ0v) is 14.6. The molecule has 0 amide bonds. The fourth-order valence-electron chi connectivity index (χ4n) is 2.38. The van der Waals surface area contributed by atoms with E-state index in [9.17, 15) is 8.42 Å². The summed E-state index contributed by atoms with van der Waals surface area (Å²) in [5.74, 6) is 1.57. The molecule has 1 aromatic rings. The number of rotatable bonds is 6. The van der Waals surface area contributed by atoms with Gasteiger partial charge in [0, 0.05) is 5.56 Å². The first-order valence-corrected chi connectivity index (χ1v) is 9.23. The van der Waals surface area contributed by atoms with Gasteiger partial charge in [-0.2, -0.15) is 8.42 Å².